The van der Waals surface area contributed by atoms with Crippen LogP contribution in [-0.4, -0.2) is 52.9 Å². The van der Waals surface area contributed by atoms with Gasteiger partial charge in [-0.2, -0.15) is 0 Å². The first-order valence-electron chi connectivity index (χ1n) is 9.48. The van der Waals surface area contributed by atoms with Crippen molar-refractivity contribution in [2.24, 2.45) is 0 Å². The van der Waals surface area contributed by atoms with Gasteiger partial charge in [0, 0.05) is 49.3 Å². The highest BCUT2D eigenvalue weighted by Gasteiger charge is 2.26. The second-order valence-electron chi connectivity index (χ2n) is 6.92. The third-order valence-electron chi connectivity index (χ3n) is 4.98. The summed E-state index contributed by atoms with van der Waals surface area (Å²) in [6.45, 7) is 4.70. The first-order chi connectivity index (χ1) is 14.5. The lowest BCUT2D eigenvalue weighted by Gasteiger charge is -2.36. The van der Waals surface area contributed by atoms with E-state index in [1.807, 2.05) is 23.1 Å². The van der Waals surface area contributed by atoms with Gasteiger partial charge in [-0.25, -0.2) is 4.98 Å². The molecule has 0 aliphatic carbocycles. The fraction of sp³-hybridized carbons (Fsp3) is 0.238. The lowest BCUT2D eigenvalue weighted by molar-refractivity contribution is 0.0752. The lowest BCUT2D eigenvalue weighted by atomic mass is 10.1. The monoisotopic (exact) mass is 441 g/mol. The van der Waals surface area contributed by atoms with E-state index in [0.717, 1.165) is 24.3 Å². The van der Waals surface area contributed by atoms with Crippen LogP contribution in [0.25, 0.3) is 0 Å². The van der Waals surface area contributed by atoms with Crippen LogP contribution in [0.1, 0.15) is 25.7 Å². The van der Waals surface area contributed by atoms with E-state index >= 15 is 0 Å². The summed E-state index contributed by atoms with van der Waals surface area (Å²) in [5.74, 6) is -0.473. The summed E-state index contributed by atoms with van der Waals surface area (Å²) in [5.41, 5.74) is 2.95. The smallest absolute Gasteiger partial charge is 0.275 e. The zero-order valence-electron chi connectivity index (χ0n) is 16.3. The third kappa shape index (κ3) is 4.29. The normalized spacial score (nSPS) is 13.9. The molecule has 2 aromatic heterocycles. The molecule has 0 radical (unpaired) electrons. The number of benzene rings is 1. The van der Waals surface area contributed by atoms with Gasteiger partial charge in [-0.1, -0.05) is 17.7 Å². The van der Waals surface area contributed by atoms with E-state index in [-0.39, 0.29) is 11.6 Å². The van der Waals surface area contributed by atoms with Crippen molar-refractivity contribution in [3.63, 3.8) is 0 Å². The van der Waals surface area contributed by atoms with Gasteiger partial charge in [0.25, 0.3) is 11.8 Å². The van der Waals surface area contributed by atoms with Crippen molar-refractivity contribution in [2.75, 3.05) is 36.4 Å². The molecule has 0 spiro atoms. The van der Waals surface area contributed by atoms with Crippen molar-refractivity contribution in [1.29, 1.82) is 0 Å². The highest BCUT2D eigenvalue weighted by atomic mass is 35.5. The molecule has 1 fully saturated rings. The fourth-order valence-electron chi connectivity index (χ4n) is 3.39. The minimum Gasteiger partial charge on any atom is -0.368 e. The molecule has 1 N–H and O–H groups in total. The quantitative estimate of drug-likeness (QED) is 0.667. The first kappa shape index (κ1) is 20.3. The number of aryl methyl sites for hydroxylation is 1. The van der Waals surface area contributed by atoms with Crippen molar-refractivity contribution in [2.45, 2.75) is 6.92 Å². The van der Waals surface area contributed by atoms with Crippen LogP contribution in [0.3, 0.4) is 0 Å². The standard InChI is InChI=1S/C21H20ClN5O2S/c1-14-2-3-15(22)12-18(14)26-7-9-27(10-8-26)21(29)19-16(4-11-30-19)25-20(28)17-13-23-5-6-24-17/h2-6,11-13H,7-10H2,1H3,(H,25,28). The molecular formula is C21H20ClN5O2S. The molecule has 0 unspecified atom stereocenters. The van der Waals surface area contributed by atoms with Crippen LogP contribution in [0.2, 0.25) is 5.02 Å². The topological polar surface area (TPSA) is 78.4 Å². The lowest BCUT2D eigenvalue weighted by Crippen LogP contribution is -2.49. The summed E-state index contributed by atoms with van der Waals surface area (Å²) in [6.07, 6.45) is 4.34. The SMILES string of the molecule is Cc1ccc(Cl)cc1N1CCN(C(=O)c2sccc2NC(=O)c2cnccn2)CC1. The van der Waals surface area contributed by atoms with E-state index in [4.69, 9.17) is 11.6 Å². The van der Waals surface area contributed by atoms with Crippen LogP contribution < -0.4 is 10.2 Å². The number of anilines is 2. The van der Waals surface area contributed by atoms with Crippen molar-refractivity contribution in [3.8, 4) is 0 Å². The van der Waals surface area contributed by atoms with Gasteiger partial charge < -0.3 is 15.1 Å². The molecule has 2 amide bonds. The number of piperazine rings is 1. The Labute approximate surface area is 183 Å². The van der Waals surface area contributed by atoms with E-state index in [9.17, 15) is 9.59 Å². The maximum absolute atomic E-state index is 13.1. The van der Waals surface area contributed by atoms with E-state index in [1.54, 1.807) is 11.4 Å². The number of hydrogen-bond acceptors (Lipinski definition) is 6. The molecule has 1 aromatic carbocycles. The Balaban J connectivity index is 1.42. The second kappa shape index (κ2) is 8.81. The molecule has 4 rings (SSSR count). The first-order valence-corrected chi connectivity index (χ1v) is 10.7. The number of aromatic nitrogens is 2. The zero-order valence-corrected chi connectivity index (χ0v) is 17.9. The van der Waals surface area contributed by atoms with E-state index < -0.39 is 5.91 Å². The number of carbonyl (C=O) groups is 2. The van der Waals surface area contributed by atoms with E-state index in [0.29, 0.717) is 28.7 Å². The highest BCUT2D eigenvalue weighted by Crippen LogP contribution is 2.28. The van der Waals surface area contributed by atoms with Gasteiger partial charge in [-0.05, 0) is 36.1 Å². The largest absolute Gasteiger partial charge is 0.368 e. The fourth-order valence-corrected chi connectivity index (χ4v) is 4.38. The molecule has 1 saturated heterocycles. The molecule has 1 aliphatic heterocycles. The summed E-state index contributed by atoms with van der Waals surface area (Å²) < 4.78 is 0. The van der Waals surface area contributed by atoms with Crippen molar-refractivity contribution in [1.82, 2.24) is 14.9 Å². The van der Waals surface area contributed by atoms with Crippen LogP contribution in [0.5, 0.6) is 0 Å². The van der Waals surface area contributed by atoms with Gasteiger partial charge >= 0.3 is 0 Å². The Morgan fingerprint density at radius 3 is 2.67 bits per heavy atom. The van der Waals surface area contributed by atoms with Gasteiger partial charge in [0.1, 0.15) is 10.6 Å². The minimum absolute atomic E-state index is 0.0816. The summed E-state index contributed by atoms with van der Waals surface area (Å²) in [5, 5.41) is 5.27. The number of thiophene rings is 1. The Morgan fingerprint density at radius 1 is 1.13 bits per heavy atom. The van der Waals surface area contributed by atoms with Gasteiger partial charge in [0.15, 0.2) is 0 Å². The Hall–Kier alpha value is -2.97. The molecule has 0 bridgehead atoms. The number of carbonyl (C=O) groups excluding carboxylic acids is 2. The van der Waals surface area contributed by atoms with Crippen molar-refractivity contribution in [3.05, 3.63) is 69.4 Å². The number of amides is 2. The second-order valence-corrected chi connectivity index (χ2v) is 8.27. The molecule has 30 heavy (non-hydrogen) atoms. The molecule has 0 saturated carbocycles. The molecule has 154 valence electrons. The predicted octanol–water partition coefficient (Wildman–Crippen LogP) is 3.71. The molecule has 0 atom stereocenters. The van der Waals surface area contributed by atoms with Crippen LogP contribution in [0.15, 0.2) is 48.2 Å². The van der Waals surface area contributed by atoms with Crippen LogP contribution >= 0.6 is 22.9 Å². The third-order valence-corrected chi connectivity index (χ3v) is 6.12. The number of rotatable bonds is 4. The van der Waals surface area contributed by atoms with Crippen LogP contribution in [0, 0.1) is 6.92 Å². The molecule has 9 heteroatoms. The minimum atomic E-state index is -0.392. The van der Waals surface area contributed by atoms with E-state index in [1.165, 1.54) is 29.9 Å². The van der Waals surface area contributed by atoms with Gasteiger partial charge in [-0.3, -0.25) is 14.6 Å². The maximum Gasteiger partial charge on any atom is 0.275 e. The van der Waals surface area contributed by atoms with Crippen LogP contribution in [0.4, 0.5) is 11.4 Å². The Morgan fingerprint density at radius 2 is 1.93 bits per heavy atom. The molecule has 3 aromatic rings. The summed E-state index contributed by atoms with van der Waals surface area (Å²) >= 11 is 7.47. The number of nitrogens with one attached hydrogen (secondary N) is 1. The van der Waals surface area contributed by atoms with Gasteiger partial charge in [-0.15, -0.1) is 11.3 Å². The summed E-state index contributed by atoms with van der Waals surface area (Å²) in [7, 11) is 0. The van der Waals surface area contributed by atoms with Crippen LogP contribution in [-0.2, 0) is 0 Å². The predicted molar refractivity (Wildman–Crippen MR) is 119 cm³/mol. The van der Waals surface area contributed by atoms with Crippen molar-refractivity contribution >= 4 is 46.1 Å². The summed E-state index contributed by atoms with van der Waals surface area (Å²) in [4.78, 5) is 37.9. The molecular weight excluding hydrogens is 422 g/mol. The number of hydrogen-bond donors (Lipinski definition) is 1. The molecule has 7 nitrogen and oxygen atoms in total. The average molecular weight is 442 g/mol. The van der Waals surface area contributed by atoms with Crippen molar-refractivity contribution < 1.29 is 9.59 Å². The van der Waals surface area contributed by atoms with E-state index in [2.05, 4.69) is 27.1 Å². The average Bonchev–Trinajstić information content (AvgIpc) is 3.23. The molecule has 1 aliphatic rings. The zero-order chi connectivity index (χ0) is 21.1. The highest BCUT2D eigenvalue weighted by molar-refractivity contribution is 7.12. The molecule has 3 heterocycles. The van der Waals surface area contributed by atoms with Gasteiger partial charge in [0.05, 0.1) is 11.9 Å². The Kier molecular flexibility index (Phi) is 5.96. The Bertz CT molecular complexity index is 1060. The maximum atomic E-state index is 13.1. The summed E-state index contributed by atoms with van der Waals surface area (Å²) in [6, 6.07) is 7.59. The number of halogens is 1. The number of nitrogens with zero attached hydrogens (tertiary/aromatic N) is 4. The van der Waals surface area contributed by atoms with Gasteiger partial charge in [0.2, 0.25) is 0 Å².